The summed E-state index contributed by atoms with van der Waals surface area (Å²) in [5.41, 5.74) is 1.45. The maximum atomic E-state index is 12.2. The average molecular weight is 382 g/mol. The first-order valence-corrected chi connectivity index (χ1v) is 8.67. The molecular weight excluding hydrogens is 364 g/mol. The van der Waals surface area contributed by atoms with Gasteiger partial charge in [0.25, 0.3) is 11.8 Å². The Morgan fingerprint density at radius 1 is 0.929 bits per heavy atom. The molecule has 0 bridgehead atoms. The van der Waals surface area contributed by atoms with E-state index in [0.717, 1.165) is 4.90 Å². The first-order chi connectivity index (χ1) is 13.5. The second kappa shape index (κ2) is 8.34. The fourth-order valence-corrected chi connectivity index (χ4v) is 2.73. The van der Waals surface area contributed by atoms with E-state index < -0.39 is 23.9 Å². The van der Waals surface area contributed by atoms with Crippen LogP contribution in [0.25, 0.3) is 0 Å². The number of nitrogens with zero attached hydrogens (tertiary/aromatic N) is 1. The van der Waals surface area contributed by atoms with E-state index in [-0.39, 0.29) is 25.3 Å². The van der Waals surface area contributed by atoms with Gasteiger partial charge in [-0.25, -0.2) is 9.59 Å². The Bertz CT molecular complexity index is 888. The van der Waals surface area contributed by atoms with Crippen molar-refractivity contribution >= 4 is 29.6 Å². The number of anilines is 1. The highest BCUT2D eigenvalue weighted by molar-refractivity contribution is 6.21. The second-order valence-electron chi connectivity index (χ2n) is 5.87. The van der Waals surface area contributed by atoms with Crippen molar-refractivity contribution < 1.29 is 28.7 Å². The van der Waals surface area contributed by atoms with Crippen LogP contribution in [0.15, 0.2) is 48.5 Å². The smallest absolute Gasteiger partial charge is 0.411 e. The van der Waals surface area contributed by atoms with Gasteiger partial charge in [-0.05, 0) is 43.3 Å². The van der Waals surface area contributed by atoms with Gasteiger partial charge in [-0.3, -0.25) is 19.8 Å². The summed E-state index contributed by atoms with van der Waals surface area (Å²) in [4.78, 5) is 49.0. The number of hydrogen-bond acceptors (Lipinski definition) is 6. The molecular formula is C20H18N2O6. The number of carbonyl (C=O) groups excluding carboxylic acids is 4. The highest BCUT2D eigenvalue weighted by atomic mass is 16.5. The predicted molar refractivity (Wildman–Crippen MR) is 99.2 cm³/mol. The number of imide groups is 1. The molecule has 2 aromatic carbocycles. The highest BCUT2D eigenvalue weighted by Gasteiger charge is 2.34. The van der Waals surface area contributed by atoms with Gasteiger partial charge < -0.3 is 9.47 Å². The fourth-order valence-electron chi connectivity index (χ4n) is 2.73. The van der Waals surface area contributed by atoms with E-state index in [1.165, 1.54) is 24.3 Å². The molecule has 0 saturated carbocycles. The molecule has 3 rings (SSSR count). The van der Waals surface area contributed by atoms with Gasteiger partial charge in [0, 0.05) is 5.69 Å². The summed E-state index contributed by atoms with van der Waals surface area (Å²) in [7, 11) is 0. The molecule has 1 N–H and O–H groups in total. The van der Waals surface area contributed by atoms with E-state index in [0.29, 0.717) is 16.8 Å². The van der Waals surface area contributed by atoms with Gasteiger partial charge in [-0.15, -0.1) is 0 Å². The molecule has 144 valence electrons. The lowest BCUT2D eigenvalue weighted by molar-refractivity contribution is 0.0420. The van der Waals surface area contributed by atoms with Crippen LogP contribution in [0.4, 0.5) is 10.5 Å². The van der Waals surface area contributed by atoms with E-state index in [1.807, 2.05) is 0 Å². The van der Waals surface area contributed by atoms with E-state index in [4.69, 9.17) is 9.47 Å². The van der Waals surface area contributed by atoms with Crippen LogP contribution >= 0.6 is 0 Å². The van der Waals surface area contributed by atoms with E-state index in [2.05, 4.69) is 5.32 Å². The van der Waals surface area contributed by atoms with Crippen molar-refractivity contribution in [2.24, 2.45) is 0 Å². The van der Waals surface area contributed by atoms with Crippen molar-refractivity contribution in [3.8, 4) is 0 Å². The zero-order valence-electron chi connectivity index (χ0n) is 15.1. The Morgan fingerprint density at radius 2 is 1.54 bits per heavy atom. The molecule has 1 aliphatic rings. The van der Waals surface area contributed by atoms with Crippen LogP contribution in [0.3, 0.4) is 0 Å². The molecule has 0 aromatic heterocycles. The van der Waals surface area contributed by atoms with Crippen LogP contribution in [0.2, 0.25) is 0 Å². The van der Waals surface area contributed by atoms with Crippen molar-refractivity contribution in [2.75, 3.05) is 25.1 Å². The quantitative estimate of drug-likeness (QED) is 0.609. The molecule has 0 atom stereocenters. The standard InChI is InChI=1S/C20H18N2O6/c1-2-27-20(26)21-14-9-7-13(8-10-14)19(25)28-12-11-22-17(23)15-5-3-4-6-16(15)18(22)24/h3-10H,2,11-12H2,1H3,(H,21,26). The van der Waals surface area contributed by atoms with Gasteiger partial charge in [0.2, 0.25) is 0 Å². The largest absolute Gasteiger partial charge is 0.460 e. The van der Waals surface area contributed by atoms with Gasteiger partial charge in [0.1, 0.15) is 6.61 Å². The summed E-state index contributed by atoms with van der Waals surface area (Å²) in [6.45, 7) is 1.80. The number of amides is 3. The molecule has 1 heterocycles. The number of ether oxygens (including phenoxy) is 2. The first-order valence-electron chi connectivity index (χ1n) is 8.67. The Labute approximate surface area is 161 Å². The summed E-state index contributed by atoms with van der Waals surface area (Å²) in [6.07, 6.45) is -0.584. The molecule has 2 aromatic rings. The molecule has 0 aliphatic carbocycles. The summed E-state index contributed by atoms with van der Waals surface area (Å²) in [5, 5.41) is 2.51. The number of nitrogens with one attached hydrogen (secondary N) is 1. The molecule has 3 amide bonds. The number of rotatable bonds is 6. The van der Waals surface area contributed by atoms with Crippen molar-refractivity contribution in [3.63, 3.8) is 0 Å². The molecule has 0 fully saturated rings. The fraction of sp³-hybridized carbons (Fsp3) is 0.200. The topological polar surface area (TPSA) is 102 Å². The number of esters is 1. The number of fused-ring (bicyclic) bond motifs is 1. The van der Waals surface area contributed by atoms with Crippen LogP contribution in [0.1, 0.15) is 38.0 Å². The van der Waals surface area contributed by atoms with Crippen LogP contribution in [0, 0.1) is 0 Å². The minimum absolute atomic E-state index is 0.0272. The molecule has 0 saturated heterocycles. The third-order valence-corrected chi connectivity index (χ3v) is 4.07. The summed E-state index contributed by atoms with van der Waals surface area (Å²) in [5.74, 6) is -1.39. The number of hydrogen-bond donors (Lipinski definition) is 1. The lowest BCUT2D eigenvalue weighted by Gasteiger charge is -2.14. The van der Waals surface area contributed by atoms with Crippen LogP contribution in [-0.4, -0.2) is 48.5 Å². The van der Waals surface area contributed by atoms with Crippen LogP contribution in [-0.2, 0) is 9.47 Å². The third kappa shape index (κ3) is 4.01. The molecule has 8 nitrogen and oxygen atoms in total. The monoisotopic (exact) mass is 382 g/mol. The molecule has 28 heavy (non-hydrogen) atoms. The SMILES string of the molecule is CCOC(=O)Nc1ccc(C(=O)OCCN2C(=O)c3ccccc3C2=O)cc1. The maximum absolute atomic E-state index is 12.2. The third-order valence-electron chi connectivity index (χ3n) is 4.07. The number of carbonyl (C=O) groups is 4. The second-order valence-corrected chi connectivity index (χ2v) is 5.87. The molecule has 0 spiro atoms. The van der Waals surface area contributed by atoms with Crippen LogP contribution in [0.5, 0.6) is 0 Å². The summed E-state index contributed by atoms with van der Waals surface area (Å²) >= 11 is 0. The van der Waals surface area contributed by atoms with Crippen molar-refractivity contribution in [3.05, 3.63) is 65.2 Å². The summed E-state index contributed by atoms with van der Waals surface area (Å²) < 4.78 is 9.91. The lowest BCUT2D eigenvalue weighted by atomic mass is 10.1. The Kier molecular flexibility index (Phi) is 5.69. The predicted octanol–water partition coefficient (Wildman–Crippen LogP) is 2.71. The van der Waals surface area contributed by atoms with E-state index in [1.54, 1.807) is 31.2 Å². The maximum Gasteiger partial charge on any atom is 0.411 e. The molecule has 1 aliphatic heterocycles. The Balaban J connectivity index is 1.52. The Morgan fingerprint density at radius 3 is 2.11 bits per heavy atom. The minimum atomic E-state index is -0.598. The van der Waals surface area contributed by atoms with Crippen molar-refractivity contribution in [2.45, 2.75) is 6.92 Å². The molecule has 8 heteroatoms. The van der Waals surface area contributed by atoms with Crippen molar-refractivity contribution in [1.82, 2.24) is 4.90 Å². The van der Waals surface area contributed by atoms with Gasteiger partial charge in [0.05, 0.1) is 29.8 Å². The highest BCUT2D eigenvalue weighted by Crippen LogP contribution is 2.22. The number of benzene rings is 2. The van der Waals surface area contributed by atoms with E-state index >= 15 is 0 Å². The van der Waals surface area contributed by atoms with Gasteiger partial charge in [-0.2, -0.15) is 0 Å². The average Bonchev–Trinajstić information content (AvgIpc) is 2.94. The zero-order chi connectivity index (χ0) is 20.1. The zero-order valence-corrected chi connectivity index (χ0v) is 15.1. The lowest BCUT2D eigenvalue weighted by Crippen LogP contribution is -2.33. The van der Waals surface area contributed by atoms with Gasteiger partial charge in [-0.1, -0.05) is 12.1 Å². The molecule has 0 radical (unpaired) electrons. The minimum Gasteiger partial charge on any atom is -0.460 e. The van der Waals surface area contributed by atoms with Crippen molar-refractivity contribution in [1.29, 1.82) is 0 Å². The van der Waals surface area contributed by atoms with Crippen LogP contribution < -0.4 is 5.32 Å². The Hall–Kier alpha value is -3.68. The van der Waals surface area contributed by atoms with Gasteiger partial charge in [0.15, 0.2) is 0 Å². The molecule has 0 unspecified atom stereocenters. The summed E-state index contributed by atoms with van der Waals surface area (Å²) in [6, 6.07) is 12.6. The normalized spacial score (nSPS) is 12.5. The van der Waals surface area contributed by atoms with E-state index in [9.17, 15) is 19.2 Å². The first kappa shape index (κ1) is 19.1. The van der Waals surface area contributed by atoms with Gasteiger partial charge >= 0.3 is 12.1 Å².